The van der Waals surface area contributed by atoms with E-state index in [9.17, 15) is 9.59 Å². The summed E-state index contributed by atoms with van der Waals surface area (Å²) in [6.07, 6.45) is 1.55. The largest absolute Gasteiger partial charge is 0.497 e. The van der Waals surface area contributed by atoms with E-state index in [2.05, 4.69) is 15.5 Å². The number of carbonyl (C=O) groups excluding carboxylic acids is 1. The Hall–Kier alpha value is -4.89. The molecule has 0 saturated carbocycles. The molecule has 0 unspecified atom stereocenters. The van der Waals surface area contributed by atoms with Crippen molar-refractivity contribution in [2.45, 2.75) is 5.16 Å². The molecule has 5 aromatic rings. The van der Waals surface area contributed by atoms with Crippen LogP contribution in [-0.4, -0.2) is 34.5 Å². The van der Waals surface area contributed by atoms with E-state index in [-0.39, 0.29) is 17.2 Å². The topological polar surface area (TPSA) is 94.8 Å². The molecule has 1 N–H and O–H groups in total. The van der Waals surface area contributed by atoms with Crippen LogP contribution in [0, 0.1) is 0 Å². The molecule has 5 rings (SSSR count). The summed E-state index contributed by atoms with van der Waals surface area (Å²) in [4.78, 5) is 30.4. The van der Waals surface area contributed by atoms with Crippen molar-refractivity contribution in [1.29, 1.82) is 0 Å². The van der Waals surface area contributed by atoms with Crippen LogP contribution in [0.1, 0.15) is 5.56 Å². The van der Waals surface area contributed by atoms with Crippen molar-refractivity contribution < 1.29 is 14.3 Å². The Bertz CT molecular complexity index is 1670. The smallest absolute Gasteiger partial charge is 0.266 e. The van der Waals surface area contributed by atoms with E-state index in [4.69, 9.17) is 9.47 Å². The third kappa shape index (κ3) is 6.34. The van der Waals surface area contributed by atoms with Gasteiger partial charge in [0.05, 0.1) is 35.7 Å². The highest BCUT2D eigenvalue weighted by Crippen LogP contribution is 2.24. The molecule has 4 aromatic carbocycles. The molecule has 0 saturated heterocycles. The highest BCUT2D eigenvalue weighted by molar-refractivity contribution is 7.99. The van der Waals surface area contributed by atoms with Crippen molar-refractivity contribution in [1.82, 2.24) is 15.0 Å². The number of benzene rings is 4. The average Bonchev–Trinajstić information content (AvgIpc) is 2.98. The highest BCUT2D eigenvalue weighted by Gasteiger charge is 2.14. The molecular weight excluding hydrogens is 512 g/mol. The first-order valence-electron chi connectivity index (χ1n) is 12.0. The van der Waals surface area contributed by atoms with Crippen LogP contribution in [0.4, 0.5) is 0 Å². The minimum absolute atomic E-state index is 0.0313. The molecule has 1 aromatic heterocycles. The van der Waals surface area contributed by atoms with Crippen LogP contribution in [0.25, 0.3) is 16.6 Å². The molecular formula is C30H24N4O4S. The number of methoxy groups -OCH3 is 1. The van der Waals surface area contributed by atoms with Gasteiger partial charge in [-0.3, -0.25) is 14.2 Å². The molecule has 1 heterocycles. The van der Waals surface area contributed by atoms with Crippen molar-refractivity contribution in [3.05, 3.63) is 119 Å². The van der Waals surface area contributed by atoms with E-state index in [0.29, 0.717) is 33.2 Å². The first kappa shape index (κ1) is 25.7. The normalized spacial score (nSPS) is 11.0. The number of hydrazone groups is 1. The van der Waals surface area contributed by atoms with Crippen molar-refractivity contribution in [3.8, 4) is 22.9 Å². The lowest BCUT2D eigenvalue weighted by molar-refractivity contribution is -0.118. The zero-order valence-electron chi connectivity index (χ0n) is 21.0. The van der Waals surface area contributed by atoms with Crippen LogP contribution in [-0.2, 0) is 4.79 Å². The van der Waals surface area contributed by atoms with Gasteiger partial charge >= 0.3 is 0 Å². The van der Waals surface area contributed by atoms with Crippen molar-refractivity contribution >= 4 is 34.8 Å². The van der Waals surface area contributed by atoms with E-state index in [0.717, 1.165) is 11.3 Å². The molecule has 8 nitrogen and oxygen atoms in total. The predicted octanol–water partition coefficient (Wildman–Crippen LogP) is 5.43. The predicted molar refractivity (Wildman–Crippen MR) is 153 cm³/mol. The van der Waals surface area contributed by atoms with Gasteiger partial charge in [-0.1, -0.05) is 42.1 Å². The molecule has 0 aliphatic rings. The van der Waals surface area contributed by atoms with E-state index in [1.807, 2.05) is 84.9 Å². The highest BCUT2D eigenvalue weighted by atomic mass is 32.2. The molecule has 0 aliphatic heterocycles. The summed E-state index contributed by atoms with van der Waals surface area (Å²) >= 11 is 1.17. The van der Waals surface area contributed by atoms with Crippen LogP contribution in [0.15, 0.2) is 118 Å². The third-order valence-electron chi connectivity index (χ3n) is 5.67. The second-order valence-corrected chi connectivity index (χ2v) is 9.26. The molecule has 0 atom stereocenters. The second kappa shape index (κ2) is 12.1. The van der Waals surface area contributed by atoms with Gasteiger partial charge in [0, 0.05) is 0 Å². The summed E-state index contributed by atoms with van der Waals surface area (Å²) in [5.41, 5.74) is 4.39. The number of carbonyl (C=O) groups is 1. The Kier molecular flexibility index (Phi) is 7.99. The summed E-state index contributed by atoms with van der Waals surface area (Å²) in [5.74, 6) is 1.83. The first-order valence-corrected chi connectivity index (χ1v) is 13.0. The average molecular weight is 537 g/mol. The number of ether oxygens (including phenoxy) is 2. The van der Waals surface area contributed by atoms with Crippen molar-refractivity contribution in [2.24, 2.45) is 5.10 Å². The Morgan fingerprint density at radius 3 is 2.26 bits per heavy atom. The number of aromatic nitrogens is 2. The Balaban J connectivity index is 1.21. The first-order chi connectivity index (χ1) is 19.1. The summed E-state index contributed by atoms with van der Waals surface area (Å²) < 4.78 is 12.5. The number of nitrogens with zero attached hydrogens (tertiary/aromatic N) is 3. The zero-order valence-corrected chi connectivity index (χ0v) is 21.8. The van der Waals surface area contributed by atoms with Gasteiger partial charge in [0.2, 0.25) is 0 Å². The summed E-state index contributed by atoms with van der Waals surface area (Å²) in [7, 11) is 1.61. The SMILES string of the molecule is COc1ccc(Oc2ccc(/C=N/NC(=O)CSc3nc4ccccc4c(=O)n3-c3ccccc3)cc2)cc1. The molecule has 0 aliphatic carbocycles. The van der Waals surface area contributed by atoms with Crippen LogP contribution >= 0.6 is 11.8 Å². The van der Waals surface area contributed by atoms with Crippen molar-refractivity contribution in [2.75, 3.05) is 12.9 Å². The molecule has 39 heavy (non-hydrogen) atoms. The van der Waals surface area contributed by atoms with Crippen LogP contribution in [0.3, 0.4) is 0 Å². The molecule has 0 fully saturated rings. The summed E-state index contributed by atoms with van der Waals surface area (Å²) in [6, 6.07) is 31.0. The number of rotatable bonds is 9. The second-order valence-electron chi connectivity index (χ2n) is 8.32. The van der Waals surface area contributed by atoms with Gasteiger partial charge in [0.15, 0.2) is 5.16 Å². The maximum Gasteiger partial charge on any atom is 0.266 e. The number of amides is 1. The number of para-hydroxylation sites is 2. The van der Waals surface area contributed by atoms with Gasteiger partial charge in [-0.15, -0.1) is 0 Å². The fourth-order valence-electron chi connectivity index (χ4n) is 3.76. The van der Waals surface area contributed by atoms with Crippen LogP contribution in [0.5, 0.6) is 17.2 Å². The number of hydrogen-bond donors (Lipinski definition) is 1. The lowest BCUT2D eigenvalue weighted by Crippen LogP contribution is -2.24. The van der Waals surface area contributed by atoms with Crippen LogP contribution < -0.4 is 20.5 Å². The maximum atomic E-state index is 13.2. The standard InChI is InChI=1S/C30H24N4O4S/c1-37-23-15-17-25(18-16-23)38-24-13-11-21(12-14-24)19-31-33-28(35)20-39-30-32-27-10-6-5-9-26(27)29(36)34(30)22-7-3-2-4-8-22/h2-19H,20H2,1H3,(H,33,35)/b31-19+. The molecule has 0 bridgehead atoms. The van der Waals surface area contributed by atoms with E-state index in [1.165, 1.54) is 16.3 Å². The molecule has 0 spiro atoms. The van der Waals surface area contributed by atoms with Crippen molar-refractivity contribution in [3.63, 3.8) is 0 Å². The van der Waals surface area contributed by atoms with E-state index >= 15 is 0 Å². The third-order valence-corrected chi connectivity index (χ3v) is 6.61. The lowest BCUT2D eigenvalue weighted by Gasteiger charge is -2.12. The van der Waals surface area contributed by atoms with Gasteiger partial charge in [0.25, 0.3) is 11.5 Å². The summed E-state index contributed by atoms with van der Waals surface area (Å²) in [5, 5.41) is 4.99. The molecule has 1 amide bonds. The minimum atomic E-state index is -0.322. The fraction of sp³-hybridized carbons (Fsp3) is 0.0667. The monoisotopic (exact) mass is 536 g/mol. The lowest BCUT2D eigenvalue weighted by atomic mass is 10.2. The van der Waals surface area contributed by atoms with E-state index in [1.54, 1.807) is 31.5 Å². The van der Waals surface area contributed by atoms with Gasteiger partial charge in [-0.25, -0.2) is 10.4 Å². The van der Waals surface area contributed by atoms with Gasteiger partial charge in [-0.05, 0) is 78.4 Å². The maximum absolute atomic E-state index is 13.2. The number of hydrogen-bond acceptors (Lipinski definition) is 7. The number of fused-ring (bicyclic) bond motifs is 1. The molecule has 194 valence electrons. The fourth-order valence-corrected chi connectivity index (χ4v) is 4.56. The van der Waals surface area contributed by atoms with E-state index < -0.39 is 0 Å². The minimum Gasteiger partial charge on any atom is -0.497 e. The molecule has 0 radical (unpaired) electrons. The number of thioether (sulfide) groups is 1. The number of nitrogens with one attached hydrogen (secondary N) is 1. The molecule has 9 heteroatoms. The Morgan fingerprint density at radius 1 is 0.897 bits per heavy atom. The van der Waals surface area contributed by atoms with Gasteiger partial charge in [0.1, 0.15) is 17.2 Å². The quantitative estimate of drug-likeness (QED) is 0.117. The van der Waals surface area contributed by atoms with Gasteiger partial charge in [-0.2, -0.15) is 5.10 Å². The zero-order chi connectivity index (χ0) is 27.0. The van der Waals surface area contributed by atoms with Gasteiger partial charge < -0.3 is 9.47 Å². The summed E-state index contributed by atoms with van der Waals surface area (Å²) in [6.45, 7) is 0. The van der Waals surface area contributed by atoms with Crippen LogP contribution in [0.2, 0.25) is 0 Å². The Morgan fingerprint density at radius 2 is 1.54 bits per heavy atom. The Labute approximate surface area is 228 Å².